The van der Waals surface area contributed by atoms with Gasteiger partial charge in [0.25, 0.3) is 0 Å². The van der Waals surface area contributed by atoms with Crippen LogP contribution in [0.15, 0.2) is 66.9 Å². The number of pyridine rings is 1. The molecule has 0 bridgehead atoms. The number of fused-ring (bicyclic) bond motifs is 3. The minimum atomic E-state index is -2.21. The van der Waals surface area contributed by atoms with Crippen LogP contribution in [-0.4, -0.2) is 26.3 Å². The number of benzene rings is 3. The third-order valence-electron chi connectivity index (χ3n) is 7.92. The summed E-state index contributed by atoms with van der Waals surface area (Å²) in [7, 11) is -2.21. The summed E-state index contributed by atoms with van der Waals surface area (Å²) < 4.78 is 10.9. The van der Waals surface area contributed by atoms with E-state index >= 15 is 0 Å². The average molecular weight is 521 g/mol. The molecule has 6 rings (SSSR count). The fourth-order valence-electron chi connectivity index (χ4n) is 6.26. The van der Waals surface area contributed by atoms with Crippen LogP contribution in [0, 0.1) is 0 Å². The van der Waals surface area contributed by atoms with Crippen LogP contribution in [0.3, 0.4) is 0 Å². The summed E-state index contributed by atoms with van der Waals surface area (Å²) in [5, 5.41) is 5.34. The minimum absolute atomic E-state index is 0.430. The topological polar surface area (TPSA) is 12.9 Å². The molecule has 2 aliphatic heterocycles. The molecule has 0 aliphatic carbocycles. The normalized spacial score (nSPS) is 19.4. The summed E-state index contributed by atoms with van der Waals surface area (Å²) in [4.78, 5) is 5.01. The van der Waals surface area contributed by atoms with E-state index in [1.54, 1.807) is 0 Å². The Morgan fingerprint density at radius 3 is 2.44 bits per heavy atom. The Kier molecular flexibility index (Phi) is 4.63. The SMILES string of the molecule is [2H]C1=C(c2cc[c]([Ge]([CH3])([CH3])[CH3])cc2)[Si]2(C)Cc3c(cc4ccccc4c3C(C)C)-c3nccc1c32. The van der Waals surface area contributed by atoms with Gasteiger partial charge in [-0.2, -0.15) is 0 Å². The first-order chi connectivity index (χ1) is 16.6. The van der Waals surface area contributed by atoms with Crippen molar-refractivity contribution < 1.29 is 1.37 Å². The summed E-state index contributed by atoms with van der Waals surface area (Å²) in [6.07, 6.45) is 1.93. The van der Waals surface area contributed by atoms with Crippen LogP contribution >= 0.6 is 0 Å². The van der Waals surface area contributed by atoms with Crippen LogP contribution in [0.2, 0.25) is 23.8 Å². The van der Waals surface area contributed by atoms with E-state index in [0.717, 1.165) is 23.4 Å². The van der Waals surface area contributed by atoms with E-state index < -0.39 is 21.3 Å². The Morgan fingerprint density at radius 2 is 1.74 bits per heavy atom. The van der Waals surface area contributed by atoms with Gasteiger partial charge < -0.3 is 0 Å². The molecule has 0 amide bonds. The van der Waals surface area contributed by atoms with Crippen LogP contribution < -0.4 is 9.58 Å². The standard InChI is InChI=1S/C31H33GeNSi/c1-20(2)29-25-10-8-7-9-22(25)17-26-27(29)19-34(6)28(18-23-15-16-33-30(26)31(23)34)21-11-13-24(14-12-21)32(3,4)5/h7-18,20H,19H2,1-6H3/i18D. The fraction of sp³-hybridized carbons (Fsp3) is 0.258. The van der Waals surface area contributed by atoms with Gasteiger partial charge in [-0.05, 0) is 0 Å². The molecule has 170 valence electrons. The Bertz CT molecular complexity index is 1550. The van der Waals surface area contributed by atoms with E-state index in [-0.39, 0.29) is 0 Å². The molecular formula is C31H33GeNSi. The van der Waals surface area contributed by atoms with Crippen LogP contribution in [0.25, 0.3) is 33.3 Å². The van der Waals surface area contributed by atoms with Gasteiger partial charge in [-0.25, -0.2) is 0 Å². The molecule has 0 N–H and O–H groups in total. The third kappa shape index (κ3) is 3.15. The van der Waals surface area contributed by atoms with Crippen molar-refractivity contribution in [3.05, 3.63) is 89.1 Å². The van der Waals surface area contributed by atoms with E-state index in [0.29, 0.717) is 5.92 Å². The van der Waals surface area contributed by atoms with Crippen LogP contribution in [-0.2, 0) is 6.04 Å². The predicted molar refractivity (Wildman–Crippen MR) is 154 cm³/mol. The molecule has 3 aromatic carbocycles. The third-order valence-corrected chi connectivity index (χ3v) is 16.4. The van der Waals surface area contributed by atoms with Gasteiger partial charge in [0.2, 0.25) is 0 Å². The number of nitrogens with zero attached hydrogens (tertiary/aromatic N) is 1. The van der Waals surface area contributed by atoms with Crippen molar-refractivity contribution in [3.63, 3.8) is 0 Å². The van der Waals surface area contributed by atoms with Crippen LogP contribution in [0.4, 0.5) is 0 Å². The molecule has 0 radical (unpaired) electrons. The van der Waals surface area contributed by atoms with Gasteiger partial charge in [0.05, 0.1) is 0 Å². The summed E-state index contributed by atoms with van der Waals surface area (Å²) in [6, 6.07) is 24.4. The summed E-state index contributed by atoms with van der Waals surface area (Å²) >= 11 is -1.89. The maximum absolute atomic E-state index is 9.36. The molecule has 2 aliphatic rings. The average Bonchev–Trinajstić information content (AvgIpc) is 3.04. The molecule has 0 saturated heterocycles. The maximum atomic E-state index is 9.36. The second-order valence-electron chi connectivity index (χ2n) is 11.6. The molecule has 3 heteroatoms. The summed E-state index contributed by atoms with van der Waals surface area (Å²) in [6.45, 7) is 7.14. The van der Waals surface area contributed by atoms with E-state index in [4.69, 9.17) is 4.98 Å². The predicted octanol–water partition coefficient (Wildman–Crippen LogP) is 7.04. The second kappa shape index (κ2) is 7.53. The van der Waals surface area contributed by atoms with Crippen molar-refractivity contribution in [1.29, 1.82) is 0 Å². The Balaban J connectivity index is 1.62. The van der Waals surface area contributed by atoms with Crippen molar-refractivity contribution >= 4 is 52.9 Å². The zero-order valence-electron chi connectivity index (χ0n) is 22.1. The second-order valence-corrected chi connectivity index (χ2v) is 26.3. The van der Waals surface area contributed by atoms with Gasteiger partial charge in [0.15, 0.2) is 0 Å². The van der Waals surface area contributed by atoms with Gasteiger partial charge >= 0.3 is 203 Å². The molecule has 0 fully saturated rings. The molecule has 4 aromatic rings. The number of aromatic nitrogens is 1. The van der Waals surface area contributed by atoms with E-state index in [2.05, 4.69) is 98.3 Å². The summed E-state index contributed by atoms with van der Waals surface area (Å²) in [5.41, 5.74) is 7.72. The molecule has 1 unspecified atom stereocenters. The first kappa shape index (κ1) is 20.9. The van der Waals surface area contributed by atoms with E-state index in [1.807, 2.05) is 6.20 Å². The quantitative estimate of drug-likeness (QED) is 0.264. The van der Waals surface area contributed by atoms with Gasteiger partial charge in [-0.1, -0.05) is 6.07 Å². The zero-order valence-corrected chi connectivity index (χ0v) is 24.2. The molecule has 1 nitrogen and oxygen atoms in total. The Labute approximate surface area is 208 Å². The molecule has 3 heterocycles. The van der Waals surface area contributed by atoms with Crippen LogP contribution in [0.5, 0.6) is 0 Å². The molecule has 1 atom stereocenters. The van der Waals surface area contributed by atoms with Crippen molar-refractivity contribution in [2.45, 2.75) is 49.6 Å². The Morgan fingerprint density at radius 1 is 1.00 bits per heavy atom. The van der Waals surface area contributed by atoms with Gasteiger partial charge in [-0.3, -0.25) is 0 Å². The van der Waals surface area contributed by atoms with Crippen LogP contribution in [0.1, 0.15) is 43.4 Å². The number of hydrogen-bond acceptors (Lipinski definition) is 1. The van der Waals surface area contributed by atoms with Gasteiger partial charge in [0.1, 0.15) is 0 Å². The van der Waals surface area contributed by atoms with Crippen molar-refractivity contribution in [2.75, 3.05) is 0 Å². The molecule has 34 heavy (non-hydrogen) atoms. The molecule has 0 saturated carbocycles. The van der Waals surface area contributed by atoms with Gasteiger partial charge in [-0.15, -0.1) is 0 Å². The summed E-state index contributed by atoms with van der Waals surface area (Å²) in [5.74, 6) is 7.76. The first-order valence-electron chi connectivity index (χ1n) is 13.0. The molecule has 1 aromatic heterocycles. The van der Waals surface area contributed by atoms with E-state index in [1.165, 1.54) is 47.8 Å². The van der Waals surface area contributed by atoms with E-state index in [9.17, 15) is 1.37 Å². The first-order valence-corrected chi connectivity index (χ1v) is 22.5. The number of rotatable bonds is 3. The monoisotopic (exact) mass is 522 g/mol. The Hall–Kier alpha value is -2.43. The molecule has 0 spiro atoms. The number of hydrogen-bond donors (Lipinski definition) is 0. The van der Waals surface area contributed by atoms with Crippen molar-refractivity contribution in [2.24, 2.45) is 0 Å². The zero-order chi connectivity index (χ0) is 24.7. The molecular weight excluding hydrogens is 487 g/mol. The van der Waals surface area contributed by atoms with Crippen molar-refractivity contribution in [1.82, 2.24) is 4.98 Å². The van der Waals surface area contributed by atoms with Crippen molar-refractivity contribution in [3.8, 4) is 11.3 Å². The van der Waals surface area contributed by atoms with Gasteiger partial charge in [0, 0.05) is 0 Å². The fourth-order valence-corrected chi connectivity index (χ4v) is 13.1.